The third-order valence-electron chi connectivity index (χ3n) is 2.70. The second kappa shape index (κ2) is 7.77. The summed E-state index contributed by atoms with van der Waals surface area (Å²) >= 11 is 6.88. The maximum absolute atomic E-state index is 11.4. The number of hydrogen-bond acceptors (Lipinski definition) is 4. The van der Waals surface area contributed by atoms with Gasteiger partial charge in [-0.25, -0.2) is 8.42 Å². The van der Waals surface area contributed by atoms with Crippen LogP contribution in [0.15, 0.2) is 21.1 Å². The standard InChI is InChI=1S/C13H19Br2NO3S/c1-3-20(17,18)5-4-19-13-11(14)7-10(6-9(2)16)8-12(13)15/h7-9H,3-6,16H2,1-2H3. The molecule has 0 amide bonds. The minimum absolute atomic E-state index is 0.0178. The van der Waals surface area contributed by atoms with Crippen LogP contribution in [0.2, 0.25) is 0 Å². The summed E-state index contributed by atoms with van der Waals surface area (Å²) in [4.78, 5) is 0. The van der Waals surface area contributed by atoms with Gasteiger partial charge in [0.15, 0.2) is 9.84 Å². The molecule has 0 saturated carbocycles. The van der Waals surface area contributed by atoms with E-state index in [1.54, 1.807) is 6.92 Å². The van der Waals surface area contributed by atoms with Crippen molar-refractivity contribution in [1.82, 2.24) is 0 Å². The van der Waals surface area contributed by atoms with Crippen molar-refractivity contribution in [3.05, 3.63) is 26.6 Å². The average molecular weight is 429 g/mol. The van der Waals surface area contributed by atoms with Crippen LogP contribution >= 0.6 is 31.9 Å². The van der Waals surface area contributed by atoms with E-state index in [2.05, 4.69) is 31.9 Å². The van der Waals surface area contributed by atoms with Crippen LogP contribution in [0.3, 0.4) is 0 Å². The van der Waals surface area contributed by atoms with Gasteiger partial charge in [0.25, 0.3) is 0 Å². The van der Waals surface area contributed by atoms with E-state index in [1.807, 2.05) is 19.1 Å². The normalized spacial score (nSPS) is 13.2. The lowest BCUT2D eigenvalue weighted by Gasteiger charge is -2.13. The number of hydrogen-bond donors (Lipinski definition) is 1. The Hall–Kier alpha value is -0.110. The molecule has 1 aromatic rings. The van der Waals surface area contributed by atoms with Crippen LogP contribution in [0, 0.1) is 0 Å². The summed E-state index contributed by atoms with van der Waals surface area (Å²) in [5.41, 5.74) is 6.87. The third-order valence-corrected chi connectivity index (χ3v) is 5.54. The van der Waals surface area contributed by atoms with Gasteiger partial charge in [0.1, 0.15) is 12.4 Å². The van der Waals surface area contributed by atoms with Crippen molar-refractivity contribution in [2.45, 2.75) is 26.3 Å². The van der Waals surface area contributed by atoms with E-state index < -0.39 is 9.84 Å². The molecule has 0 saturated heterocycles. The fourth-order valence-corrected chi connectivity index (χ4v) is 3.79. The van der Waals surface area contributed by atoms with Gasteiger partial charge in [0, 0.05) is 11.8 Å². The van der Waals surface area contributed by atoms with Crippen molar-refractivity contribution in [3.8, 4) is 5.75 Å². The Kier molecular flexibility index (Phi) is 6.97. The average Bonchev–Trinajstić information content (AvgIpc) is 2.32. The molecule has 1 rings (SSSR count). The lowest BCUT2D eigenvalue weighted by Crippen LogP contribution is -2.18. The summed E-state index contributed by atoms with van der Waals surface area (Å²) in [5, 5.41) is 0. The van der Waals surface area contributed by atoms with Crippen LogP contribution in [0.4, 0.5) is 0 Å². The zero-order valence-electron chi connectivity index (χ0n) is 11.5. The highest BCUT2D eigenvalue weighted by Gasteiger charge is 2.12. The Balaban J connectivity index is 2.76. The smallest absolute Gasteiger partial charge is 0.153 e. The number of benzene rings is 1. The summed E-state index contributed by atoms with van der Waals surface area (Å²) in [6.07, 6.45) is 0.766. The lowest BCUT2D eigenvalue weighted by atomic mass is 10.1. The van der Waals surface area contributed by atoms with Gasteiger partial charge in [-0.3, -0.25) is 0 Å². The summed E-state index contributed by atoms with van der Waals surface area (Å²) < 4.78 is 30.0. The molecular formula is C13H19Br2NO3S. The van der Waals surface area contributed by atoms with Gasteiger partial charge in [-0.2, -0.15) is 0 Å². The maximum Gasteiger partial charge on any atom is 0.153 e. The quantitative estimate of drug-likeness (QED) is 0.724. The molecule has 4 nitrogen and oxygen atoms in total. The molecule has 0 aliphatic heterocycles. The summed E-state index contributed by atoms with van der Waals surface area (Å²) in [6, 6.07) is 3.96. The van der Waals surface area contributed by atoms with Gasteiger partial charge in [-0.1, -0.05) is 6.92 Å². The highest BCUT2D eigenvalue weighted by atomic mass is 79.9. The molecule has 114 valence electrons. The monoisotopic (exact) mass is 427 g/mol. The second-order valence-electron chi connectivity index (χ2n) is 4.65. The SMILES string of the molecule is CCS(=O)(=O)CCOc1c(Br)cc(CC(C)N)cc1Br. The van der Waals surface area contributed by atoms with E-state index in [0.29, 0.717) is 5.75 Å². The second-order valence-corrected chi connectivity index (χ2v) is 8.84. The first-order chi connectivity index (χ1) is 9.25. The van der Waals surface area contributed by atoms with Crippen molar-refractivity contribution in [2.75, 3.05) is 18.1 Å². The molecule has 0 aliphatic rings. The van der Waals surface area contributed by atoms with Crippen molar-refractivity contribution in [1.29, 1.82) is 0 Å². The van der Waals surface area contributed by atoms with Crippen LogP contribution in [0.5, 0.6) is 5.75 Å². The van der Waals surface area contributed by atoms with Crippen molar-refractivity contribution < 1.29 is 13.2 Å². The Morgan fingerprint density at radius 2 is 1.85 bits per heavy atom. The molecular weight excluding hydrogens is 410 g/mol. The molecule has 1 aromatic carbocycles. The van der Waals surface area contributed by atoms with Crippen LogP contribution in [0.25, 0.3) is 0 Å². The van der Waals surface area contributed by atoms with Crippen molar-refractivity contribution in [3.63, 3.8) is 0 Å². The predicted octanol–water partition coefficient (Wildman–Crippen LogP) is 2.91. The number of rotatable bonds is 7. The maximum atomic E-state index is 11.4. The third kappa shape index (κ3) is 5.71. The van der Waals surface area contributed by atoms with Crippen molar-refractivity contribution >= 4 is 41.7 Å². The Morgan fingerprint density at radius 1 is 1.30 bits per heavy atom. The van der Waals surface area contributed by atoms with Gasteiger partial charge in [-0.05, 0) is 62.9 Å². The Morgan fingerprint density at radius 3 is 2.30 bits per heavy atom. The highest BCUT2D eigenvalue weighted by molar-refractivity contribution is 9.11. The topological polar surface area (TPSA) is 69.4 Å². The molecule has 0 heterocycles. The molecule has 0 aliphatic carbocycles. The summed E-state index contributed by atoms with van der Waals surface area (Å²) in [5.74, 6) is 0.764. The van der Waals surface area contributed by atoms with Gasteiger partial charge in [0.2, 0.25) is 0 Å². The predicted molar refractivity (Wildman–Crippen MR) is 89.0 cm³/mol. The molecule has 0 spiro atoms. The van der Waals surface area contributed by atoms with E-state index in [9.17, 15) is 8.42 Å². The molecule has 1 unspecified atom stereocenters. The molecule has 2 N–H and O–H groups in total. The van der Waals surface area contributed by atoms with E-state index >= 15 is 0 Å². The van der Waals surface area contributed by atoms with Crippen LogP contribution in [-0.4, -0.2) is 32.6 Å². The number of halogens is 2. The molecule has 20 heavy (non-hydrogen) atoms. The lowest BCUT2D eigenvalue weighted by molar-refractivity contribution is 0.336. The Bertz CT molecular complexity index is 536. The molecule has 0 bridgehead atoms. The Labute approximate surface area is 137 Å². The van der Waals surface area contributed by atoms with E-state index in [0.717, 1.165) is 20.9 Å². The van der Waals surface area contributed by atoms with Crippen LogP contribution in [0.1, 0.15) is 19.4 Å². The molecule has 0 aromatic heterocycles. The zero-order valence-corrected chi connectivity index (χ0v) is 15.5. The van der Waals surface area contributed by atoms with E-state index in [1.165, 1.54) is 0 Å². The van der Waals surface area contributed by atoms with Crippen molar-refractivity contribution in [2.24, 2.45) is 5.73 Å². The first-order valence-electron chi connectivity index (χ1n) is 6.32. The van der Waals surface area contributed by atoms with Gasteiger partial charge >= 0.3 is 0 Å². The highest BCUT2D eigenvalue weighted by Crippen LogP contribution is 2.35. The molecule has 0 radical (unpaired) electrons. The first-order valence-corrected chi connectivity index (χ1v) is 9.72. The van der Waals surface area contributed by atoms with E-state index in [4.69, 9.17) is 10.5 Å². The van der Waals surface area contributed by atoms with Crippen LogP contribution < -0.4 is 10.5 Å². The van der Waals surface area contributed by atoms with Crippen LogP contribution in [-0.2, 0) is 16.3 Å². The summed E-state index contributed by atoms with van der Waals surface area (Å²) in [7, 11) is -3.01. The first kappa shape index (κ1) is 17.9. The summed E-state index contributed by atoms with van der Waals surface area (Å²) in [6.45, 7) is 3.71. The molecule has 7 heteroatoms. The fourth-order valence-electron chi connectivity index (χ4n) is 1.65. The minimum atomic E-state index is -3.01. The fraction of sp³-hybridized carbons (Fsp3) is 0.538. The zero-order chi connectivity index (χ0) is 15.3. The number of ether oxygens (including phenoxy) is 1. The minimum Gasteiger partial charge on any atom is -0.490 e. The molecule has 0 fully saturated rings. The van der Waals surface area contributed by atoms with Gasteiger partial charge in [0.05, 0.1) is 14.7 Å². The van der Waals surface area contributed by atoms with Gasteiger partial charge in [-0.15, -0.1) is 0 Å². The largest absolute Gasteiger partial charge is 0.490 e. The number of sulfone groups is 1. The van der Waals surface area contributed by atoms with E-state index in [-0.39, 0.29) is 24.2 Å². The molecule has 1 atom stereocenters. The number of nitrogens with two attached hydrogens (primary N) is 1. The van der Waals surface area contributed by atoms with Gasteiger partial charge < -0.3 is 10.5 Å².